The molecule has 2 rings (SSSR count). The fourth-order valence-electron chi connectivity index (χ4n) is 6.85. The highest BCUT2D eigenvalue weighted by atomic mass is 32.2. The van der Waals surface area contributed by atoms with Gasteiger partial charge in [0.25, 0.3) is 10.1 Å². The minimum absolute atomic E-state index is 0.0758. The molecule has 0 fully saturated rings. The molecule has 0 radical (unpaired) electrons. The van der Waals surface area contributed by atoms with Crippen LogP contribution in [0.2, 0.25) is 0 Å². The average Bonchev–Trinajstić information content (AvgIpc) is 3.01. The van der Waals surface area contributed by atoms with E-state index in [1.54, 1.807) is 12.1 Å². The van der Waals surface area contributed by atoms with Gasteiger partial charge in [0.05, 0.1) is 0 Å². The van der Waals surface area contributed by atoms with E-state index in [-0.39, 0.29) is 4.90 Å². The molecule has 0 unspecified atom stereocenters. The molecule has 0 amide bonds. The van der Waals surface area contributed by atoms with Crippen molar-refractivity contribution in [2.24, 2.45) is 0 Å². The van der Waals surface area contributed by atoms with E-state index in [1.807, 2.05) is 6.07 Å². The van der Waals surface area contributed by atoms with E-state index in [9.17, 15) is 13.0 Å². The normalized spacial score (nSPS) is 12.0. The standard InChI is InChI=1S/C40H68O3S/c1-3-5-7-9-11-13-15-17-19-21-23-25-27-30-36-34-35-37-31-29-33-39(44(41,42)43)40(37)38(36)32-28-26-24-22-20-18-16-14-12-10-8-6-4-2/h29,31,33-35H,3-28,30,32H2,1-2H3,(H,41,42,43). The van der Waals surface area contributed by atoms with Gasteiger partial charge in [-0.15, -0.1) is 0 Å². The second-order valence-electron chi connectivity index (χ2n) is 13.5. The lowest BCUT2D eigenvalue weighted by Gasteiger charge is -2.16. The zero-order chi connectivity index (χ0) is 31.7. The summed E-state index contributed by atoms with van der Waals surface area (Å²) >= 11 is 0. The SMILES string of the molecule is CCCCCCCCCCCCCCCc1ccc2cccc(S(=O)(=O)O)c2c1CCCCCCCCCCCCCCC. The minimum Gasteiger partial charge on any atom is -0.282 e. The molecule has 0 bridgehead atoms. The topological polar surface area (TPSA) is 54.4 Å². The Kier molecular flexibility index (Phi) is 21.9. The number of hydrogen-bond acceptors (Lipinski definition) is 2. The van der Waals surface area contributed by atoms with E-state index in [0.717, 1.165) is 42.0 Å². The molecule has 2 aromatic carbocycles. The molecule has 4 heteroatoms. The van der Waals surface area contributed by atoms with Crippen molar-refractivity contribution in [3.63, 3.8) is 0 Å². The first-order chi connectivity index (χ1) is 21.5. The molecule has 2 aromatic rings. The van der Waals surface area contributed by atoms with Gasteiger partial charge in [0.1, 0.15) is 4.90 Å². The quantitative estimate of drug-likeness (QED) is 0.0720. The fourth-order valence-corrected chi connectivity index (χ4v) is 7.60. The van der Waals surface area contributed by atoms with Crippen LogP contribution in [0.25, 0.3) is 10.8 Å². The van der Waals surface area contributed by atoms with Gasteiger partial charge in [0, 0.05) is 5.39 Å². The van der Waals surface area contributed by atoms with Gasteiger partial charge in [0.15, 0.2) is 0 Å². The zero-order valence-corrected chi connectivity index (χ0v) is 29.7. The average molecular weight is 629 g/mol. The Labute approximate surface area is 273 Å². The van der Waals surface area contributed by atoms with Crippen molar-refractivity contribution in [2.45, 2.75) is 199 Å². The molecule has 0 aliphatic rings. The van der Waals surface area contributed by atoms with Crippen LogP contribution >= 0.6 is 0 Å². The highest BCUT2D eigenvalue weighted by Gasteiger charge is 2.18. The largest absolute Gasteiger partial charge is 0.295 e. The van der Waals surface area contributed by atoms with Crippen molar-refractivity contribution in [2.75, 3.05) is 0 Å². The monoisotopic (exact) mass is 628 g/mol. The van der Waals surface area contributed by atoms with E-state index in [0.29, 0.717) is 0 Å². The second kappa shape index (κ2) is 24.8. The maximum absolute atomic E-state index is 12.3. The fraction of sp³-hybridized carbons (Fsp3) is 0.750. The Morgan fingerprint density at radius 3 is 1.27 bits per heavy atom. The van der Waals surface area contributed by atoms with E-state index < -0.39 is 10.1 Å². The van der Waals surface area contributed by atoms with Crippen LogP contribution in [-0.2, 0) is 23.0 Å². The van der Waals surface area contributed by atoms with Gasteiger partial charge in [-0.2, -0.15) is 8.42 Å². The third-order valence-corrected chi connectivity index (χ3v) is 10.5. The van der Waals surface area contributed by atoms with Crippen molar-refractivity contribution in [1.29, 1.82) is 0 Å². The van der Waals surface area contributed by atoms with Crippen LogP contribution in [0.5, 0.6) is 0 Å². The molecule has 1 N–H and O–H groups in total. The van der Waals surface area contributed by atoms with Gasteiger partial charge in [-0.25, -0.2) is 0 Å². The Morgan fingerprint density at radius 1 is 0.477 bits per heavy atom. The van der Waals surface area contributed by atoms with Gasteiger partial charge in [-0.3, -0.25) is 4.55 Å². The first-order valence-electron chi connectivity index (χ1n) is 19.0. The predicted octanol–water partition coefficient (Wildman–Crippen LogP) is 13.4. The van der Waals surface area contributed by atoms with Gasteiger partial charge in [0.2, 0.25) is 0 Å². The summed E-state index contributed by atoms with van der Waals surface area (Å²) < 4.78 is 34.7. The Hall–Kier alpha value is -1.39. The second-order valence-corrected chi connectivity index (χ2v) is 14.9. The van der Waals surface area contributed by atoms with Crippen molar-refractivity contribution in [3.05, 3.63) is 41.5 Å². The van der Waals surface area contributed by atoms with Crippen LogP contribution in [0.3, 0.4) is 0 Å². The lowest BCUT2D eigenvalue weighted by molar-refractivity contribution is 0.484. The van der Waals surface area contributed by atoms with E-state index in [1.165, 1.54) is 160 Å². The maximum Gasteiger partial charge on any atom is 0.295 e. The summed E-state index contributed by atoms with van der Waals surface area (Å²) in [5.74, 6) is 0. The van der Waals surface area contributed by atoms with Crippen LogP contribution in [-0.4, -0.2) is 13.0 Å². The van der Waals surface area contributed by atoms with Gasteiger partial charge in [-0.05, 0) is 48.3 Å². The third-order valence-electron chi connectivity index (χ3n) is 9.57. The molecular formula is C40H68O3S. The van der Waals surface area contributed by atoms with E-state index in [4.69, 9.17) is 0 Å². The van der Waals surface area contributed by atoms with Crippen molar-refractivity contribution in [3.8, 4) is 0 Å². The molecular weight excluding hydrogens is 561 g/mol. The van der Waals surface area contributed by atoms with Gasteiger partial charge in [-0.1, -0.05) is 192 Å². The summed E-state index contributed by atoms with van der Waals surface area (Å²) in [5, 5.41) is 1.67. The summed E-state index contributed by atoms with van der Waals surface area (Å²) in [6, 6.07) is 9.56. The summed E-state index contributed by atoms with van der Waals surface area (Å²) in [5.41, 5.74) is 2.42. The van der Waals surface area contributed by atoms with Crippen molar-refractivity contribution >= 4 is 20.9 Å². The van der Waals surface area contributed by atoms with Crippen LogP contribution in [0, 0.1) is 0 Å². The molecule has 0 aromatic heterocycles. The number of rotatable bonds is 29. The Bertz CT molecular complexity index is 1090. The van der Waals surface area contributed by atoms with Gasteiger partial charge >= 0.3 is 0 Å². The molecule has 0 aliphatic heterocycles. The first kappa shape index (κ1) is 38.8. The lowest BCUT2D eigenvalue weighted by Crippen LogP contribution is -2.04. The third kappa shape index (κ3) is 16.8. The number of fused-ring (bicyclic) bond motifs is 1. The zero-order valence-electron chi connectivity index (χ0n) is 28.9. The van der Waals surface area contributed by atoms with Crippen LogP contribution < -0.4 is 0 Å². The molecule has 0 saturated heterocycles. The maximum atomic E-state index is 12.3. The minimum atomic E-state index is -4.27. The van der Waals surface area contributed by atoms with Crippen LogP contribution in [0.4, 0.5) is 0 Å². The first-order valence-corrected chi connectivity index (χ1v) is 20.4. The van der Waals surface area contributed by atoms with Gasteiger partial charge < -0.3 is 0 Å². The molecule has 0 saturated carbocycles. The molecule has 0 atom stereocenters. The summed E-state index contributed by atoms with van der Waals surface area (Å²) in [4.78, 5) is 0.0758. The summed E-state index contributed by atoms with van der Waals surface area (Å²) in [6.07, 6.45) is 36.5. The molecule has 0 aliphatic carbocycles. The molecule has 3 nitrogen and oxygen atoms in total. The van der Waals surface area contributed by atoms with E-state index in [2.05, 4.69) is 26.0 Å². The van der Waals surface area contributed by atoms with Crippen LogP contribution in [0.1, 0.15) is 192 Å². The highest BCUT2D eigenvalue weighted by Crippen LogP contribution is 2.31. The predicted molar refractivity (Wildman–Crippen MR) is 193 cm³/mol. The molecule has 44 heavy (non-hydrogen) atoms. The molecule has 0 spiro atoms. The highest BCUT2D eigenvalue weighted by molar-refractivity contribution is 7.86. The van der Waals surface area contributed by atoms with Crippen LogP contribution in [0.15, 0.2) is 35.2 Å². The lowest BCUT2D eigenvalue weighted by atomic mass is 9.91. The smallest absolute Gasteiger partial charge is 0.282 e. The summed E-state index contributed by atoms with van der Waals surface area (Å²) in [7, 11) is -4.27. The number of unbranched alkanes of at least 4 members (excludes halogenated alkanes) is 24. The van der Waals surface area contributed by atoms with Crippen molar-refractivity contribution < 1.29 is 13.0 Å². The number of benzene rings is 2. The number of aryl methyl sites for hydroxylation is 2. The van der Waals surface area contributed by atoms with Crippen molar-refractivity contribution in [1.82, 2.24) is 0 Å². The Balaban J connectivity index is 1.78. The Morgan fingerprint density at radius 2 is 0.864 bits per heavy atom. The molecule has 252 valence electrons. The van der Waals surface area contributed by atoms with E-state index >= 15 is 0 Å². The molecule has 0 heterocycles. The number of hydrogen-bond donors (Lipinski definition) is 1. The summed E-state index contributed by atoms with van der Waals surface area (Å²) in [6.45, 7) is 4.56.